The Bertz CT molecular complexity index is 934. The van der Waals surface area contributed by atoms with Crippen LogP contribution in [0.1, 0.15) is 37.2 Å². The third-order valence-corrected chi connectivity index (χ3v) is 6.48. The standard InChI is InChI=1S/C21H22FN3O2S/c22-19-6-5-16(13-7-9-26-10-8-13)20(25-19)27-15-11-14(12-15)23-21-24-17-3-1-2-4-18(17)28-21/h1-6,13-15H,7-12H2,(H,23,24)/t14-,15-. The van der Waals surface area contributed by atoms with Crippen molar-refractivity contribution in [1.82, 2.24) is 9.97 Å². The van der Waals surface area contributed by atoms with Crippen molar-refractivity contribution in [3.8, 4) is 5.88 Å². The molecule has 2 aliphatic rings. The normalized spacial score (nSPS) is 22.8. The Balaban J connectivity index is 1.22. The number of thiazole rings is 1. The molecule has 28 heavy (non-hydrogen) atoms. The summed E-state index contributed by atoms with van der Waals surface area (Å²) in [5, 5.41) is 4.43. The second kappa shape index (κ2) is 7.64. The molecule has 5 rings (SSSR count). The molecule has 2 fully saturated rings. The molecule has 1 aromatic carbocycles. The summed E-state index contributed by atoms with van der Waals surface area (Å²) >= 11 is 1.67. The molecule has 0 atom stereocenters. The van der Waals surface area contributed by atoms with Gasteiger partial charge in [0.05, 0.1) is 10.2 Å². The van der Waals surface area contributed by atoms with Gasteiger partial charge in [-0.05, 0) is 43.0 Å². The van der Waals surface area contributed by atoms with E-state index in [1.54, 1.807) is 11.3 Å². The summed E-state index contributed by atoms with van der Waals surface area (Å²) in [6.45, 7) is 1.47. The number of ether oxygens (including phenoxy) is 2. The molecule has 1 aliphatic carbocycles. The topological polar surface area (TPSA) is 56.3 Å². The molecule has 1 saturated heterocycles. The third kappa shape index (κ3) is 3.69. The van der Waals surface area contributed by atoms with Crippen LogP contribution in [0.25, 0.3) is 10.2 Å². The lowest BCUT2D eigenvalue weighted by atomic mass is 9.89. The predicted molar refractivity (Wildman–Crippen MR) is 108 cm³/mol. The number of nitrogens with zero attached hydrogens (tertiary/aromatic N) is 2. The number of benzene rings is 1. The fraction of sp³-hybridized carbons (Fsp3) is 0.429. The second-order valence-electron chi connectivity index (χ2n) is 7.45. The molecule has 5 nitrogen and oxygen atoms in total. The molecule has 146 valence electrons. The lowest BCUT2D eigenvalue weighted by Crippen LogP contribution is -2.42. The van der Waals surface area contributed by atoms with Gasteiger partial charge < -0.3 is 14.8 Å². The number of halogens is 1. The van der Waals surface area contributed by atoms with E-state index < -0.39 is 5.95 Å². The van der Waals surface area contributed by atoms with Crippen LogP contribution in [0.15, 0.2) is 36.4 Å². The first-order valence-corrected chi connectivity index (χ1v) is 10.6. The summed E-state index contributed by atoms with van der Waals surface area (Å²) in [7, 11) is 0. The van der Waals surface area contributed by atoms with Gasteiger partial charge in [0.25, 0.3) is 0 Å². The van der Waals surface area contributed by atoms with E-state index in [1.807, 2.05) is 24.3 Å². The molecule has 0 radical (unpaired) electrons. The summed E-state index contributed by atoms with van der Waals surface area (Å²) in [6.07, 6.45) is 3.63. The van der Waals surface area contributed by atoms with Crippen LogP contribution in [-0.2, 0) is 4.74 Å². The monoisotopic (exact) mass is 399 g/mol. The van der Waals surface area contributed by atoms with Crippen molar-refractivity contribution in [3.63, 3.8) is 0 Å². The first kappa shape index (κ1) is 17.8. The average Bonchev–Trinajstić information content (AvgIpc) is 3.10. The lowest BCUT2D eigenvalue weighted by Gasteiger charge is -2.36. The molecule has 3 heterocycles. The van der Waals surface area contributed by atoms with Crippen molar-refractivity contribution in [2.45, 2.75) is 43.7 Å². The van der Waals surface area contributed by atoms with Gasteiger partial charge in [0.15, 0.2) is 5.13 Å². The van der Waals surface area contributed by atoms with Crippen LogP contribution in [0.3, 0.4) is 0 Å². The van der Waals surface area contributed by atoms with Gasteiger partial charge in [-0.25, -0.2) is 4.98 Å². The van der Waals surface area contributed by atoms with Crippen LogP contribution < -0.4 is 10.1 Å². The van der Waals surface area contributed by atoms with E-state index in [1.165, 1.54) is 10.8 Å². The molecular weight excluding hydrogens is 377 g/mol. The van der Waals surface area contributed by atoms with Gasteiger partial charge >= 0.3 is 0 Å². The van der Waals surface area contributed by atoms with Crippen LogP contribution >= 0.6 is 11.3 Å². The number of fused-ring (bicyclic) bond motifs is 1. The van der Waals surface area contributed by atoms with Crippen LogP contribution in [0.4, 0.5) is 9.52 Å². The van der Waals surface area contributed by atoms with E-state index in [0.717, 1.165) is 55.1 Å². The number of pyridine rings is 1. The molecule has 2 aromatic heterocycles. The van der Waals surface area contributed by atoms with Crippen LogP contribution in [-0.4, -0.2) is 35.3 Å². The molecule has 3 aromatic rings. The van der Waals surface area contributed by atoms with Gasteiger partial charge in [-0.1, -0.05) is 23.5 Å². The van der Waals surface area contributed by atoms with Gasteiger partial charge in [-0.2, -0.15) is 9.37 Å². The van der Waals surface area contributed by atoms with Crippen molar-refractivity contribution in [2.75, 3.05) is 18.5 Å². The largest absolute Gasteiger partial charge is 0.474 e. The van der Waals surface area contributed by atoms with Gasteiger partial charge in [-0.3, -0.25) is 0 Å². The average molecular weight is 399 g/mol. The first-order valence-electron chi connectivity index (χ1n) is 9.77. The van der Waals surface area contributed by atoms with Crippen molar-refractivity contribution in [1.29, 1.82) is 0 Å². The van der Waals surface area contributed by atoms with E-state index in [2.05, 4.69) is 21.4 Å². The summed E-state index contributed by atoms with van der Waals surface area (Å²) in [6, 6.07) is 11.7. The first-order chi connectivity index (χ1) is 13.7. The zero-order valence-electron chi connectivity index (χ0n) is 15.4. The highest BCUT2D eigenvalue weighted by Crippen LogP contribution is 2.36. The van der Waals surface area contributed by atoms with Gasteiger partial charge in [-0.15, -0.1) is 0 Å². The van der Waals surface area contributed by atoms with Gasteiger partial charge in [0, 0.05) is 37.7 Å². The Kier molecular flexibility index (Phi) is 4.86. The van der Waals surface area contributed by atoms with Gasteiger partial charge in [0.1, 0.15) is 6.10 Å². The van der Waals surface area contributed by atoms with Crippen LogP contribution in [0.2, 0.25) is 0 Å². The molecule has 1 aliphatic heterocycles. The number of anilines is 1. The number of rotatable bonds is 5. The zero-order chi connectivity index (χ0) is 18.9. The summed E-state index contributed by atoms with van der Waals surface area (Å²) in [5.41, 5.74) is 2.03. The second-order valence-corrected chi connectivity index (χ2v) is 8.48. The maximum absolute atomic E-state index is 13.7. The van der Waals surface area contributed by atoms with Crippen molar-refractivity contribution >= 4 is 26.7 Å². The molecule has 1 N–H and O–H groups in total. The maximum atomic E-state index is 13.7. The fourth-order valence-electron chi connectivity index (χ4n) is 3.89. The van der Waals surface area contributed by atoms with E-state index >= 15 is 0 Å². The summed E-state index contributed by atoms with van der Waals surface area (Å²) < 4.78 is 26.4. The molecule has 7 heteroatoms. The molecule has 1 saturated carbocycles. The number of hydrogen-bond acceptors (Lipinski definition) is 6. The van der Waals surface area contributed by atoms with Gasteiger partial charge in [0.2, 0.25) is 11.8 Å². The SMILES string of the molecule is Fc1ccc(C2CCOCC2)c(O[C@H]2C[C@H](Nc3nc4ccccc4s3)C2)n1. The molecular formula is C21H22FN3O2S. The van der Waals surface area contributed by atoms with Crippen molar-refractivity contribution in [2.24, 2.45) is 0 Å². The summed E-state index contributed by atoms with van der Waals surface area (Å²) in [4.78, 5) is 8.67. The van der Waals surface area contributed by atoms with Crippen LogP contribution in [0.5, 0.6) is 5.88 Å². The predicted octanol–water partition coefficient (Wildman–Crippen LogP) is 4.75. The quantitative estimate of drug-likeness (QED) is 0.628. The van der Waals surface area contributed by atoms with E-state index in [0.29, 0.717) is 17.8 Å². The zero-order valence-corrected chi connectivity index (χ0v) is 16.3. The lowest BCUT2D eigenvalue weighted by molar-refractivity contribution is 0.0790. The molecule has 0 spiro atoms. The van der Waals surface area contributed by atoms with Crippen molar-refractivity contribution < 1.29 is 13.9 Å². The smallest absolute Gasteiger partial charge is 0.219 e. The third-order valence-electron chi connectivity index (χ3n) is 5.51. The highest BCUT2D eigenvalue weighted by Gasteiger charge is 2.33. The minimum atomic E-state index is -0.491. The molecule has 0 unspecified atom stereocenters. The Morgan fingerprint density at radius 2 is 1.89 bits per heavy atom. The van der Waals surface area contributed by atoms with E-state index in [9.17, 15) is 4.39 Å². The Morgan fingerprint density at radius 1 is 1.07 bits per heavy atom. The number of hydrogen-bond donors (Lipinski definition) is 1. The van der Waals surface area contributed by atoms with E-state index in [-0.39, 0.29) is 6.10 Å². The minimum Gasteiger partial charge on any atom is -0.474 e. The van der Waals surface area contributed by atoms with Crippen LogP contribution in [0, 0.1) is 5.95 Å². The Hall–Kier alpha value is -2.25. The van der Waals surface area contributed by atoms with Crippen molar-refractivity contribution in [3.05, 3.63) is 47.9 Å². The highest BCUT2D eigenvalue weighted by molar-refractivity contribution is 7.22. The van der Waals surface area contributed by atoms with E-state index in [4.69, 9.17) is 9.47 Å². The number of para-hydroxylation sites is 1. The Morgan fingerprint density at radius 3 is 2.71 bits per heavy atom. The number of nitrogens with one attached hydrogen (secondary N) is 1. The highest BCUT2D eigenvalue weighted by atomic mass is 32.1. The summed E-state index contributed by atoms with van der Waals surface area (Å²) in [5.74, 6) is 0.290. The maximum Gasteiger partial charge on any atom is 0.219 e. The molecule has 0 amide bonds. The minimum absolute atomic E-state index is 0.0553. The fourth-order valence-corrected chi connectivity index (χ4v) is 4.83. The molecule has 0 bridgehead atoms. The Labute approximate surface area is 166 Å². The number of aromatic nitrogens is 2.